The molecule has 1 heterocycles. The van der Waals surface area contributed by atoms with Crippen LogP contribution in [-0.2, 0) is 4.79 Å². The Balaban J connectivity index is 1.77. The molecule has 3 N–H and O–H groups in total. The Morgan fingerprint density at radius 3 is 2.80 bits per heavy atom. The maximum Gasteiger partial charge on any atom is 0.245 e. The molecular weight excluding hydrogens is 276 g/mol. The van der Waals surface area contributed by atoms with Gasteiger partial charge in [0.25, 0.3) is 0 Å². The maximum atomic E-state index is 12.2. The second-order valence-corrected chi connectivity index (χ2v) is 8.11. The molecule has 3 aliphatic rings. The SMILES string of the molecule is CC(O)(CO)[C@]1(C)SC(=N[C@H]2C[C@@H]3CC[C@H]2C3)NC1=O. The third kappa shape index (κ3) is 2.09. The third-order valence-corrected chi connectivity index (χ3v) is 6.71. The molecular formula is C14H22N2O3S. The lowest BCUT2D eigenvalue weighted by atomic mass is 9.90. The number of fused-ring (bicyclic) bond motifs is 2. The van der Waals surface area contributed by atoms with Crippen molar-refractivity contribution in [3.63, 3.8) is 0 Å². The molecule has 0 aromatic carbocycles. The Morgan fingerprint density at radius 2 is 2.25 bits per heavy atom. The number of amides is 1. The Kier molecular flexibility index (Phi) is 3.38. The molecule has 5 nitrogen and oxygen atoms in total. The van der Waals surface area contributed by atoms with E-state index in [1.54, 1.807) is 6.92 Å². The minimum Gasteiger partial charge on any atom is -0.393 e. The summed E-state index contributed by atoms with van der Waals surface area (Å²) in [5.74, 6) is 1.20. The van der Waals surface area contributed by atoms with Gasteiger partial charge < -0.3 is 15.5 Å². The molecule has 20 heavy (non-hydrogen) atoms. The largest absolute Gasteiger partial charge is 0.393 e. The van der Waals surface area contributed by atoms with Crippen molar-refractivity contribution in [3.8, 4) is 0 Å². The monoisotopic (exact) mass is 298 g/mol. The van der Waals surface area contributed by atoms with E-state index in [1.807, 2.05) is 0 Å². The number of aliphatic imine (C=N–C) groups is 1. The maximum absolute atomic E-state index is 12.2. The number of aliphatic hydroxyl groups is 2. The highest BCUT2D eigenvalue weighted by molar-refractivity contribution is 8.16. The van der Waals surface area contributed by atoms with Gasteiger partial charge in [-0.2, -0.15) is 0 Å². The van der Waals surface area contributed by atoms with Crippen LogP contribution in [0.1, 0.15) is 39.5 Å². The molecule has 0 spiro atoms. The van der Waals surface area contributed by atoms with Crippen LogP contribution >= 0.6 is 11.8 Å². The first-order valence-electron chi connectivity index (χ1n) is 7.27. The Labute approximate surface area is 123 Å². The second kappa shape index (κ2) is 4.71. The number of aliphatic hydroxyl groups excluding tert-OH is 1. The normalized spacial score (nSPS) is 44.9. The molecule has 2 saturated carbocycles. The zero-order valence-electron chi connectivity index (χ0n) is 11.9. The van der Waals surface area contributed by atoms with Crippen LogP contribution in [0, 0.1) is 11.8 Å². The molecule has 0 aromatic rings. The number of hydrogen-bond donors (Lipinski definition) is 3. The first-order chi connectivity index (χ1) is 9.35. The Bertz CT molecular complexity index is 465. The molecule has 2 aliphatic carbocycles. The molecule has 2 bridgehead atoms. The van der Waals surface area contributed by atoms with Crippen molar-refractivity contribution < 1.29 is 15.0 Å². The number of nitrogens with one attached hydrogen (secondary N) is 1. The molecule has 1 saturated heterocycles. The van der Waals surface area contributed by atoms with E-state index in [1.165, 1.54) is 37.9 Å². The lowest BCUT2D eigenvalue weighted by molar-refractivity contribution is -0.129. The molecule has 3 fully saturated rings. The zero-order chi connectivity index (χ0) is 14.5. The van der Waals surface area contributed by atoms with Gasteiger partial charge in [-0.1, -0.05) is 18.2 Å². The van der Waals surface area contributed by atoms with Gasteiger partial charge in [0, 0.05) is 0 Å². The van der Waals surface area contributed by atoms with E-state index in [4.69, 9.17) is 4.99 Å². The van der Waals surface area contributed by atoms with E-state index in [2.05, 4.69) is 5.32 Å². The molecule has 1 unspecified atom stereocenters. The number of hydrogen-bond acceptors (Lipinski definition) is 5. The average molecular weight is 298 g/mol. The van der Waals surface area contributed by atoms with E-state index in [0.29, 0.717) is 17.1 Å². The molecule has 112 valence electrons. The molecule has 1 amide bonds. The Hall–Kier alpha value is -0.590. The van der Waals surface area contributed by atoms with Crippen LogP contribution in [0.15, 0.2) is 4.99 Å². The number of rotatable bonds is 3. The minimum atomic E-state index is -1.46. The van der Waals surface area contributed by atoms with Crippen molar-refractivity contribution in [2.45, 2.75) is 55.9 Å². The molecule has 5 atom stereocenters. The van der Waals surface area contributed by atoms with Crippen LogP contribution in [0.4, 0.5) is 0 Å². The highest BCUT2D eigenvalue weighted by Crippen LogP contribution is 2.47. The first-order valence-corrected chi connectivity index (χ1v) is 8.09. The van der Waals surface area contributed by atoms with E-state index >= 15 is 0 Å². The second-order valence-electron chi connectivity index (χ2n) is 6.70. The Morgan fingerprint density at radius 1 is 1.50 bits per heavy atom. The lowest BCUT2D eigenvalue weighted by Gasteiger charge is -2.34. The zero-order valence-corrected chi connectivity index (χ0v) is 12.7. The number of carbonyl (C=O) groups is 1. The topological polar surface area (TPSA) is 81.9 Å². The van der Waals surface area contributed by atoms with Crippen molar-refractivity contribution in [2.75, 3.05) is 6.61 Å². The van der Waals surface area contributed by atoms with Crippen LogP contribution in [0.25, 0.3) is 0 Å². The fourth-order valence-corrected chi connectivity index (χ4v) is 4.71. The third-order valence-electron chi connectivity index (χ3n) is 5.27. The first kappa shape index (κ1) is 14.4. The lowest BCUT2D eigenvalue weighted by Crippen LogP contribution is -2.55. The van der Waals surface area contributed by atoms with Gasteiger partial charge in [0.2, 0.25) is 5.91 Å². The van der Waals surface area contributed by atoms with Gasteiger partial charge in [-0.05, 0) is 44.9 Å². The number of carbonyl (C=O) groups excluding carboxylic acids is 1. The van der Waals surface area contributed by atoms with Gasteiger partial charge in [-0.15, -0.1) is 0 Å². The van der Waals surface area contributed by atoms with Gasteiger partial charge in [0.05, 0.1) is 12.6 Å². The fraction of sp³-hybridized carbons (Fsp3) is 0.857. The number of amidine groups is 1. The van der Waals surface area contributed by atoms with Gasteiger partial charge >= 0.3 is 0 Å². The summed E-state index contributed by atoms with van der Waals surface area (Å²) in [5, 5.41) is 22.9. The quantitative estimate of drug-likeness (QED) is 0.723. The summed E-state index contributed by atoms with van der Waals surface area (Å²) in [4.78, 5) is 16.9. The summed E-state index contributed by atoms with van der Waals surface area (Å²) in [7, 11) is 0. The van der Waals surface area contributed by atoms with Gasteiger partial charge in [-0.3, -0.25) is 9.79 Å². The van der Waals surface area contributed by atoms with Gasteiger partial charge in [0.15, 0.2) is 5.17 Å². The van der Waals surface area contributed by atoms with E-state index < -0.39 is 17.0 Å². The van der Waals surface area contributed by atoms with E-state index in [9.17, 15) is 15.0 Å². The van der Waals surface area contributed by atoms with Gasteiger partial charge in [-0.25, -0.2) is 0 Å². The van der Waals surface area contributed by atoms with E-state index in [-0.39, 0.29) is 5.91 Å². The summed E-state index contributed by atoms with van der Waals surface area (Å²) in [6.45, 7) is 2.69. The standard InChI is InChI=1S/C14H22N2O3S/c1-13(19,7-17)14(2)11(18)16-12(20-14)15-10-6-8-3-4-9(10)5-8/h8-10,17,19H,3-7H2,1-2H3,(H,15,16,18)/t8-,9+,10+,13?,14-/m1/s1. The predicted octanol–water partition coefficient (Wildman–Crippen LogP) is 0.896. The summed E-state index contributed by atoms with van der Waals surface area (Å²) >= 11 is 1.25. The fourth-order valence-electron chi connectivity index (χ4n) is 3.57. The van der Waals surface area contributed by atoms with Crippen LogP contribution in [0.2, 0.25) is 0 Å². The highest BCUT2D eigenvalue weighted by Gasteiger charge is 2.55. The van der Waals surface area contributed by atoms with Crippen molar-refractivity contribution in [1.29, 1.82) is 0 Å². The number of nitrogens with zero attached hydrogens (tertiary/aromatic N) is 1. The highest BCUT2D eigenvalue weighted by atomic mass is 32.2. The van der Waals surface area contributed by atoms with Crippen molar-refractivity contribution in [1.82, 2.24) is 5.32 Å². The van der Waals surface area contributed by atoms with Gasteiger partial charge in [0.1, 0.15) is 10.3 Å². The summed E-state index contributed by atoms with van der Waals surface area (Å²) in [6, 6.07) is 0.318. The molecule has 3 rings (SSSR count). The van der Waals surface area contributed by atoms with Crippen LogP contribution in [0.3, 0.4) is 0 Å². The van der Waals surface area contributed by atoms with Crippen LogP contribution in [0.5, 0.6) is 0 Å². The summed E-state index contributed by atoms with van der Waals surface area (Å²) < 4.78 is -1.09. The van der Waals surface area contributed by atoms with Crippen LogP contribution in [-0.4, -0.2) is 44.3 Å². The van der Waals surface area contributed by atoms with Crippen molar-refractivity contribution in [2.24, 2.45) is 16.8 Å². The number of thioether (sulfide) groups is 1. The molecule has 0 radical (unpaired) electrons. The molecule has 0 aromatic heterocycles. The smallest absolute Gasteiger partial charge is 0.245 e. The van der Waals surface area contributed by atoms with Crippen molar-refractivity contribution >= 4 is 22.8 Å². The summed E-state index contributed by atoms with van der Waals surface area (Å²) in [5.41, 5.74) is -1.46. The molecule has 1 aliphatic heterocycles. The minimum absolute atomic E-state index is 0.275. The van der Waals surface area contributed by atoms with Crippen molar-refractivity contribution in [3.05, 3.63) is 0 Å². The predicted molar refractivity (Wildman–Crippen MR) is 78.5 cm³/mol. The summed E-state index contributed by atoms with van der Waals surface area (Å²) in [6.07, 6.45) is 4.96. The average Bonchev–Trinajstić information content (AvgIpc) is 3.06. The van der Waals surface area contributed by atoms with E-state index in [0.717, 1.165) is 12.3 Å². The molecule has 6 heteroatoms. The van der Waals surface area contributed by atoms with Crippen LogP contribution < -0.4 is 5.32 Å².